The predicted molar refractivity (Wildman–Crippen MR) is 116 cm³/mol. The molecule has 5 heteroatoms. The largest absolute Gasteiger partial charge is 0.497 e. The summed E-state index contributed by atoms with van der Waals surface area (Å²) in [5.74, 6) is 2.37. The summed E-state index contributed by atoms with van der Waals surface area (Å²) in [6.45, 7) is 3.09. The van der Waals surface area contributed by atoms with E-state index in [1.807, 2.05) is 24.5 Å². The van der Waals surface area contributed by atoms with Crippen LogP contribution in [0.1, 0.15) is 36.8 Å². The molecule has 2 bridgehead atoms. The molecule has 158 valence electrons. The number of rotatable bonds is 5. The Morgan fingerprint density at radius 2 is 2.00 bits per heavy atom. The lowest BCUT2D eigenvalue weighted by molar-refractivity contribution is -0.152. The summed E-state index contributed by atoms with van der Waals surface area (Å²) in [6.07, 6.45) is 8.88. The highest BCUT2D eigenvalue weighted by molar-refractivity contribution is 5.78. The number of piperidine rings is 3. The molecule has 0 radical (unpaired) electrons. The van der Waals surface area contributed by atoms with Gasteiger partial charge in [0, 0.05) is 50.5 Å². The van der Waals surface area contributed by atoms with Crippen molar-refractivity contribution in [3.05, 3.63) is 59.9 Å². The Bertz CT molecular complexity index is 887. The van der Waals surface area contributed by atoms with E-state index >= 15 is 0 Å². The van der Waals surface area contributed by atoms with E-state index in [9.17, 15) is 4.79 Å². The molecule has 1 aromatic carbocycles. The van der Waals surface area contributed by atoms with Crippen LogP contribution in [-0.2, 0) is 17.8 Å². The summed E-state index contributed by atoms with van der Waals surface area (Å²) in [6, 6.07) is 13.2. The minimum absolute atomic E-state index is 0.280. The van der Waals surface area contributed by atoms with Gasteiger partial charge in [0.15, 0.2) is 0 Å². The molecule has 0 saturated carbocycles. The maximum Gasteiger partial charge on any atom is 0.223 e. The number of hydrogen-bond acceptors (Lipinski definition) is 4. The van der Waals surface area contributed by atoms with Gasteiger partial charge in [-0.25, -0.2) is 0 Å². The van der Waals surface area contributed by atoms with Gasteiger partial charge in [-0.3, -0.25) is 14.7 Å². The van der Waals surface area contributed by atoms with Gasteiger partial charge < -0.3 is 9.64 Å². The third kappa shape index (κ3) is 3.83. The summed E-state index contributed by atoms with van der Waals surface area (Å²) in [7, 11) is 1.71. The number of pyridine rings is 1. The van der Waals surface area contributed by atoms with Gasteiger partial charge >= 0.3 is 0 Å². The first kappa shape index (κ1) is 19.6. The normalized spacial score (nSPS) is 28.8. The molecule has 0 unspecified atom stereocenters. The van der Waals surface area contributed by atoms with E-state index in [-0.39, 0.29) is 6.04 Å². The molecule has 3 aliphatic heterocycles. The number of nitrogens with zero attached hydrogens (tertiary/aromatic N) is 3. The summed E-state index contributed by atoms with van der Waals surface area (Å²) in [4.78, 5) is 22.2. The molecule has 4 atom stereocenters. The average molecular weight is 406 g/mol. The first-order valence-corrected chi connectivity index (χ1v) is 11.3. The Morgan fingerprint density at radius 1 is 1.13 bits per heavy atom. The summed E-state index contributed by atoms with van der Waals surface area (Å²) >= 11 is 0. The standard InChI is InChI=1S/C25H31N3O2/c1-30-22-7-2-5-18(11-22)12-24-21-13-20(23-8-3-9-25(29)28(23)24)16-27(17-21)15-19-6-4-10-26-14-19/h2,4-7,10-11,14,20-21,23-24H,3,8-9,12-13,15-17H2,1H3/t20-,21+,23+,24+/m1/s1. The minimum Gasteiger partial charge on any atom is -0.497 e. The molecule has 3 aliphatic rings. The Balaban J connectivity index is 1.41. The zero-order valence-electron chi connectivity index (χ0n) is 17.7. The van der Waals surface area contributed by atoms with Gasteiger partial charge in [-0.15, -0.1) is 0 Å². The fourth-order valence-corrected chi connectivity index (χ4v) is 6.05. The molecule has 0 N–H and O–H groups in total. The number of benzene rings is 1. The molecular formula is C25H31N3O2. The van der Waals surface area contributed by atoms with E-state index in [0.29, 0.717) is 30.2 Å². The van der Waals surface area contributed by atoms with Crippen molar-refractivity contribution in [2.45, 2.75) is 50.7 Å². The molecule has 1 aromatic heterocycles. The van der Waals surface area contributed by atoms with Crippen LogP contribution in [0.4, 0.5) is 0 Å². The summed E-state index contributed by atoms with van der Waals surface area (Å²) in [5, 5.41) is 0. The molecule has 5 nitrogen and oxygen atoms in total. The zero-order chi connectivity index (χ0) is 20.5. The Labute approximate surface area is 179 Å². The topological polar surface area (TPSA) is 45.7 Å². The van der Waals surface area contributed by atoms with Gasteiger partial charge in [-0.1, -0.05) is 18.2 Å². The van der Waals surface area contributed by atoms with Crippen molar-refractivity contribution in [1.82, 2.24) is 14.8 Å². The maximum atomic E-state index is 13.0. The second kappa shape index (κ2) is 8.38. The van der Waals surface area contributed by atoms with Gasteiger partial charge in [0.2, 0.25) is 5.91 Å². The van der Waals surface area contributed by atoms with Crippen LogP contribution in [0.25, 0.3) is 0 Å². The van der Waals surface area contributed by atoms with E-state index in [0.717, 1.165) is 44.6 Å². The second-order valence-electron chi connectivity index (χ2n) is 9.19. The molecule has 2 aromatic rings. The van der Waals surface area contributed by atoms with Crippen molar-refractivity contribution in [2.75, 3.05) is 20.2 Å². The lowest BCUT2D eigenvalue weighted by atomic mass is 9.70. The average Bonchev–Trinajstić information content (AvgIpc) is 2.77. The minimum atomic E-state index is 0.280. The highest BCUT2D eigenvalue weighted by Crippen LogP contribution is 2.43. The van der Waals surface area contributed by atoms with Gasteiger partial charge in [0.05, 0.1) is 7.11 Å². The SMILES string of the molecule is COc1cccc(C[C@H]2[C@H]3C[C@H](CN(Cc4cccnc4)C3)[C@@H]3CCCC(=O)N32)c1. The highest BCUT2D eigenvalue weighted by atomic mass is 16.5. The predicted octanol–water partition coefficient (Wildman–Crippen LogP) is 3.53. The molecule has 0 aliphatic carbocycles. The van der Waals surface area contributed by atoms with Gasteiger partial charge in [0.25, 0.3) is 0 Å². The molecule has 3 saturated heterocycles. The zero-order valence-corrected chi connectivity index (χ0v) is 17.7. The fraction of sp³-hybridized carbons (Fsp3) is 0.520. The van der Waals surface area contributed by atoms with E-state index in [2.05, 4.69) is 39.0 Å². The van der Waals surface area contributed by atoms with E-state index in [4.69, 9.17) is 4.74 Å². The molecule has 0 spiro atoms. The van der Waals surface area contributed by atoms with Crippen molar-refractivity contribution >= 4 is 5.91 Å². The molecule has 3 fully saturated rings. The van der Waals surface area contributed by atoms with Crippen LogP contribution in [0.5, 0.6) is 5.75 Å². The van der Waals surface area contributed by atoms with Crippen LogP contribution in [0.15, 0.2) is 48.8 Å². The maximum absolute atomic E-state index is 13.0. The van der Waals surface area contributed by atoms with E-state index < -0.39 is 0 Å². The fourth-order valence-electron chi connectivity index (χ4n) is 6.05. The van der Waals surface area contributed by atoms with Crippen LogP contribution >= 0.6 is 0 Å². The first-order valence-electron chi connectivity index (χ1n) is 11.3. The van der Waals surface area contributed by atoms with Crippen LogP contribution in [0.3, 0.4) is 0 Å². The van der Waals surface area contributed by atoms with Crippen molar-refractivity contribution in [3.63, 3.8) is 0 Å². The molecular weight excluding hydrogens is 374 g/mol. The third-order valence-electron chi connectivity index (χ3n) is 7.28. The number of carbonyl (C=O) groups excluding carboxylic acids is 1. The van der Waals surface area contributed by atoms with Crippen molar-refractivity contribution < 1.29 is 9.53 Å². The second-order valence-corrected chi connectivity index (χ2v) is 9.19. The van der Waals surface area contributed by atoms with Crippen LogP contribution in [0, 0.1) is 11.8 Å². The quantitative estimate of drug-likeness (QED) is 0.763. The Morgan fingerprint density at radius 3 is 2.83 bits per heavy atom. The van der Waals surface area contributed by atoms with Crippen LogP contribution in [-0.4, -0.2) is 53.0 Å². The Hall–Kier alpha value is -2.40. The molecule has 5 rings (SSSR count). The number of fused-ring (bicyclic) bond motifs is 4. The van der Waals surface area contributed by atoms with Crippen molar-refractivity contribution in [2.24, 2.45) is 11.8 Å². The van der Waals surface area contributed by atoms with E-state index in [1.54, 1.807) is 7.11 Å². The Kier molecular flexibility index (Phi) is 5.47. The monoisotopic (exact) mass is 405 g/mol. The summed E-state index contributed by atoms with van der Waals surface area (Å²) < 4.78 is 5.44. The third-order valence-corrected chi connectivity index (χ3v) is 7.28. The number of ether oxygens (including phenoxy) is 1. The number of likely N-dealkylation sites (tertiary alicyclic amines) is 1. The number of aromatic nitrogens is 1. The van der Waals surface area contributed by atoms with Gasteiger partial charge in [-0.2, -0.15) is 0 Å². The van der Waals surface area contributed by atoms with Crippen molar-refractivity contribution in [1.29, 1.82) is 0 Å². The molecule has 1 amide bonds. The smallest absolute Gasteiger partial charge is 0.223 e. The highest BCUT2D eigenvalue weighted by Gasteiger charge is 2.49. The number of methoxy groups -OCH3 is 1. The number of carbonyl (C=O) groups is 1. The molecule has 4 heterocycles. The van der Waals surface area contributed by atoms with Gasteiger partial charge in [0.1, 0.15) is 5.75 Å². The summed E-state index contributed by atoms with van der Waals surface area (Å²) in [5.41, 5.74) is 2.54. The van der Waals surface area contributed by atoms with Crippen LogP contribution in [0.2, 0.25) is 0 Å². The number of hydrogen-bond donors (Lipinski definition) is 0. The molecule has 30 heavy (non-hydrogen) atoms. The van der Waals surface area contributed by atoms with Crippen molar-refractivity contribution in [3.8, 4) is 5.75 Å². The van der Waals surface area contributed by atoms with Crippen LogP contribution < -0.4 is 4.74 Å². The lowest BCUT2D eigenvalue weighted by Gasteiger charge is -2.57. The van der Waals surface area contributed by atoms with Gasteiger partial charge in [-0.05, 0) is 66.8 Å². The lowest BCUT2D eigenvalue weighted by Crippen LogP contribution is -2.65. The first-order chi connectivity index (χ1) is 14.7. The van der Waals surface area contributed by atoms with E-state index in [1.165, 1.54) is 17.5 Å². The number of amides is 1.